The van der Waals surface area contributed by atoms with Crippen molar-refractivity contribution >= 4 is 12.7 Å². The molecule has 3 rings (SSSR count). The summed E-state index contributed by atoms with van der Waals surface area (Å²) in [6, 6.07) is 9.14. The molecule has 2 heterocycles. The normalized spacial score (nSPS) is 26.2. The molecule has 0 saturated carbocycles. The summed E-state index contributed by atoms with van der Waals surface area (Å²) in [4.78, 5) is 8.70. The zero-order valence-corrected chi connectivity index (χ0v) is 16.2. The molecule has 1 aromatic rings. The summed E-state index contributed by atoms with van der Waals surface area (Å²) in [5.41, 5.74) is 2.74. The van der Waals surface area contributed by atoms with Crippen molar-refractivity contribution in [2.24, 2.45) is 9.98 Å². The molecule has 0 radical (unpaired) electrons. The molecule has 2 aliphatic rings. The average molecular weight is 353 g/mol. The molecule has 0 saturated heterocycles. The zero-order chi connectivity index (χ0) is 18.3. The third kappa shape index (κ3) is 4.57. The summed E-state index contributed by atoms with van der Waals surface area (Å²) < 4.78 is 1.69. The second kappa shape index (κ2) is 8.56. The Labute approximate surface area is 158 Å². The predicted octanol–water partition coefficient (Wildman–Crippen LogP) is 4.95. The lowest BCUT2D eigenvalue weighted by Gasteiger charge is -2.28. The zero-order valence-electron chi connectivity index (χ0n) is 16.2. The van der Waals surface area contributed by atoms with Crippen LogP contribution < -0.4 is 0 Å². The molecule has 0 spiro atoms. The number of aliphatic imine (C=N–C) groups is 2. The summed E-state index contributed by atoms with van der Waals surface area (Å²) >= 11 is 0. The summed E-state index contributed by atoms with van der Waals surface area (Å²) in [6.07, 6.45) is 17.4. The highest BCUT2D eigenvalue weighted by Gasteiger charge is 2.27. The second-order valence-electron chi connectivity index (χ2n) is 7.62. The molecule has 0 aromatic heterocycles. The minimum Gasteiger partial charge on any atom is -0.250 e. The Morgan fingerprint density at radius 1 is 0.692 bits per heavy atom. The van der Waals surface area contributed by atoms with Gasteiger partial charge in [-0.15, -0.1) is 0 Å². The van der Waals surface area contributed by atoms with Gasteiger partial charge in [0.15, 0.2) is 12.7 Å². The molecule has 4 heteroatoms. The van der Waals surface area contributed by atoms with Gasteiger partial charge in [0.1, 0.15) is 25.5 Å². The number of hydrogen-bond donors (Lipinski definition) is 0. The van der Waals surface area contributed by atoms with Crippen LogP contribution in [0.1, 0.15) is 50.7 Å². The molecule has 2 aliphatic heterocycles. The van der Waals surface area contributed by atoms with Gasteiger partial charge in [0.25, 0.3) is 0 Å². The SMILES string of the molecule is CCCC[N+]1(Cc2ccc(C[N+]3(CCCC)C=CN=C3)cc2)C=CN=C1. The van der Waals surface area contributed by atoms with Gasteiger partial charge in [-0.05, 0) is 12.8 Å². The largest absolute Gasteiger partial charge is 0.250 e. The maximum atomic E-state index is 4.35. The first-order valence-corrected chi connectivity index (χ1v) is 9.94. The van der Waals surface area contributed by atoms with Crippen LogP contribution in [-0.4, -0.2) is 34.7 Å². The van der Waals surface area contributed by atoms with E-state index >= 15 is 0 Å². The van der Waals surface area contributed by atoms with E-state index in [-0.39, 0.29) is 0 Å². The smallest absolute Gasteiger partial charge is 0.195 e. The van der Waals surface area contributed by atoms with E-state index in [4.69, 9.17) is 0 Å². The van der Waals surface area contributed by atoms with Gasteiger partial charge in [0.05, 0.1) is 25.5 Å². The molecule has 2 unspecified atom stereocenters. The predicted molar refractivity (Wildman–Crippen MR) is 109 cm³/mol. The summed E-state index contributed by atoms with van der Waals surface area (Å²) in [5.74, 6) is 0. The molecule has 0 aliphatic carbocycles. The van der Waals surface area contributed by atoms with Crippen molar-refractivity contribution < 1.29 is 8.97 Å². The Morgan fingerprint density at radius 3 is 1.42 bits per heavy atom. The maximum absolute atomic E-state index is 4.35. The lowest BCUT2D eigenvalue weighted by Crippen LogP contribution is -2.40. The monoisotopic (exact) mass is 352 g/mol. The Hall–Kier alpha value is -2.04. The van der Waals surface area contributed by atoms with Crippen molar-refractivity contribution in [3.63, 3.8) is 0 Å². The molecule has 1 aromatic carbocycles. The van der Waals surface area contributed by atoms with Crippen LogP contribution in [0, 0.1) is 0 Å². The molecule has 0 amide bonds. The standard InChI is InChI=1S/C22H32N4/c1-3-5-13-25(15-11-23-19-25)17-21-7-9-22(10-8-21)18-26(14-6-4-2)16-12-24-20-26/h7-12,15-16,19-20H,3-6,13-14,17-18H2,1-2H3/q+2. The van der Waals surface area contributed by atoms with Gasteiger partial charge >= 0.3 is 0 Å². The van der Waals surface area contributed by atoms with Crippen LogP contribution in [0.2, 0.25) is 0 Å². The van der Waals surface area contributed by atoms with Gasteiger partial charge in [-0.25, -0.2) is 19.0 Å². The summed E-state index contributed by atoms with van der Waals surface area (Å²) in [7, 11) is 0. The molecule has 26 heavy (non-hydrogen) atoms. The molecule has 0 bridgehead atoms. The minimum atomic E-state index is 0.846. The fourth-order valence-corrected chi connectivity index (χ4v) is 3.71. The Kier molecular flexibility index (Phi) is 6.17. The van der Waals surface area contributed by atoms with Crippen molar-refractivity contribution in [3.8, 4) is 0 Å². The fraction of sp³-hybridized carbons (Fsp3) is 0.455. The highest BCUT2D eigenvalue weighted by atomic mass is 15.4. The van der Waals surface area contributed by atoms with Crippen LogP contribution in [0.5, 0.6) is 0 Å². The van der Waals surface area contributed by atoms with E-state index in [1.807, 2.05) is 12.4 Å². The number of unbranched alkanes of at least 4 members (excludes halogenated alkanes) is 2. The van der Waals surface area contributed by atoms with Crippen molar-refractivity contribution in [2.45, 2.75) is 52.6 Å². The van der Waals surface area contributed by atoms with Gasteiger partial charge in [-0.1, -0.05) is 51.0 Å². The second-order valence-corrected chi connectivity index (χ2v) is 7.62. The summed E-state index contributed by atoms with van der Waals surface area (Å²) in [6.45, 7) is 8.70. The Morgan fingerprint density at radius 2 is 1.12 bits per heavy atom. The van der Waals surface area contributed by atoms with Crippen molar-refractivity contribution in [3.05, 3.63) is 60.2 Å². The van der Waals surface area contributed by atoms with E-state index in [2.05, 4.69) is 73.2 Å². The van der Waals surface area contributed by atoms with E-state index in [0.717, 1.165) is 35.1 Å². The number of hydrogen-bond acceptors (Lipinski definition) is 2. The van der Waals surface area contributed by atoms with Gasteiger partial charge in [-0.2, -0.15) is 0 Å². The third-order valence-corrected chi connectivity index (χ3v) is 5.33. The van der Waals surface area contributed by atoms with Crippen molar-refractivity contribution in [1.82, 2.24) is 0 Å². The van der Waals surface area contributed by atoms with Gasteiger partial charge in [0.2, 0.25) is 0 Å². The molecule has 0 fully saturated rings. The lowest BCUT2D eigenvalue weighted by molar-refractivity contribution is -0.794. The number of benzene rings is 1. The fourth-order valence-electron chi connectivity index (χ4n) is 3.71. The quantitative estimate of drug-likeness (QED) is 0.533. The van der Waals surface area contributed by atoms with E-state index in [9.17, 15) is 0 Å². The van der Waals surface area contributed by atoms with Crippen LogP contribution in [-0.2, 0) is 13.1 Å². The molecule has 2 atom stereocenters. The van der Waals surface area contributed by atoms with E-state index in [0.29, 0.717) is 0 Å². The molecular formula is C22H32N4+2. The number of rotatable bonds is 10. The first-order valence-electron chi connectivity index (χ1n) is 9.94. The average Bonchev–Trinajstić information content (AvgIpc) is 3.31. The van der Waals surface area contributed by atoms with Gasteiger partial charge in [-0.3, -0.25) is 0 Å². The minimum absolute atomic E-state index is 0.846. The maximum Gasteiger partial charge on any atom is 0.195 e. The summed E-state index contributed by atoms with van der Waals surface area (Å²) in [5, 5.41) is 0. The van der Waals surface area contributed by atoms with Gasteiger partial charge in [0, 0.05) is 11.1 Å². The topological polar surface area (TPSA) is 24.7 Å². The molecule has 4 nitrogen and oxygen atoms in total. The van der Waals surface area contributed by atoms with Crippen LogP contribution in [0.15, 0.2) is 59.1 Å². The Balaban J connectivity index is 1.66. The molecule has 0 N–H and O–H groups in total. The molecule has 138 valence electrons. The van der Waals surface area contributed by atoms with E-state index in [1.165, 1.54) is 36.8 Å². The first kappa shape index (κ1) is 18.7. The number of nitrogens with zero attached hydrogens (tertiary/aromatic N) is 4. The van der Waals surface area contributed by atoms with Crippen molar-refractivity contribution in [1.29, 1.82) is 0 Å². The lowest BCUT2D eigenvalue weighted by atomic mass is 10.1. The van der Waals surface area contributed by atoms with Gasteiger partial charge < -0.3 is 0 Å². The Bertz CT molecular complexity index is 612. The van der Waals surface area contributed by atoms with E-state index < -0.39 is 0 Å². The van der Waals surface area contributed by atoms with Crippen LogP contribution in [0.3, 0.4) is 0 Å². The molecular weight excluding hydrogens is 320 g/mol. The van der Waals surface area contributed by atoms with Crippen LogP contribution >= 0.6 is 0 Å². The third-order valence-electron chi connectivity index (χ3n) is 5.33. The first-order chi connectivity index (χ1) is 12.7. The van der Waals surface area contributed by atoms with Crippen molar-refractivity contribution in [2.75, 3.05) is 13.1 Å². The van der Waals surface area contributed by atoms with E-state index in [1.54, 1.807) is 0 Å². The highest BCUT2D eigenvalue weighted by Crippen LogP contribution is 2.22. The number of quaternary nitrogens is 2. The highest BCUT2D eigenvalue weighted by molar-refractivity contribution is 5.51. The van der Waals surface area contributed by atoms with Crippen LogP contribution in [0.25, 0.3) is 0 Å². The van der Waals surface area contributed by atoms with Crippen LogP contribution in [0.4, 0.5) is 0 Å².